The van der Waals surface area contributed by atoms with Crippen molar-refractivity contribution in [2.75, 3.05) is 7.11 Å². The topological polar surface area (TPSA) is 9.23 Å². The molecule has 0 aromatic heterocycles. The third-order valence-electron chi connectivity index (χ3n) is 4.98. The van der Waals surface area contributed by atoms with Crippen molar-refractivity contribution in [1.29, 1.82) is 0 Å². The van der Waals surface area contributed by atoms with Gasteiger partial charge in [-0.3, -0.25) is 0 Å². The first-order chi connectivity index (χ1) is 12.2. The van der Waals surface area contributed by atoms with Crippen LogP contribution in [-0.4, -0.2) is 7.11 Å². The van der Waals surface area contributed by atoms with E-state index in [1.807, 2.05) is 6.07 Å². The Morgan fingerprint density at radius 2 is 1.36 bits per heavy atom. The van der Waals surface area contributed by atoms with Gasteiger partial charge in [0.1, 0.15) is 5.75 Å². The molecule has 3 aromatic rings. The summed E-state index contributed by atoms with van der Waals surface area (Å²) in [7, 11) is 1.72. The lowest BCUT2D eigenvalue weighted by Gasteiger charge is -2.15. The van der Waals surface area contributed by atoms with Gasteiger partial charge in [-0.2, -0.15) is 0 Å². The standard InChI is InChI=1S/C24H26O/c1-18(23-10-7-11-24(17-23)25-3)16-20-12-14-22(15-13-20)19(2)21-8-5-4-6-9-21/h4-15,17-19H,16H2,1-3H3/t18-,19-/m0/s1. The van der Waals surface area contributed by atoms with Crippen LogP contribution in [0.2, 0.25) is 0 Å². The fourth-order valence-corrected chi connectivity index (χ4v) is 3.30. The van der Waals surface area contributed by atoms with E-state index in [9.17, 15) is 0 Å². The molecule has 0 N–H and O–H groups in total. The summed E-state index contributed by atoms with van der Waals surface area (Å²) in [5.74, 6) is 1.81. The minimum atomic E-state index is 0.422. The summed E-state index contributed by atoms with van der Waals surface area (Å²) in [6, 6.07) is 28.1. The van der Waals surface area contributed by atoms with Gasteiger partial charge in [0.25, 0.3) is 0 Å². The van der Waals surface area contributed by atoms with Gasteiger partial charge >= 0.3 is 0 Å². The van der Waals surface area contributed by atoms with Gasteiger partial charge in [0, 0.05) is 5.92 Å². The number of rotatable bonds is 6. The first-order valence-corrected chi connectivity index (χ1v) is 8.95. The average molecular weight is 330 g/mol. The largest absolute Gasteiger partial charge is 0.497 e. The van der Waals surface area contributed by atoms with Crippen molar-refractivity contribution in [2.45, 2.75) is 32.1 Å². The molecule has 0 saturated heterocycles. The molecule has 128 valence electrons. The number of methoxy groups -OCH3 is 1. The third kappa shape index (κ3) is 4.30. The lowest BCUT2D eigenvalue weighted by Crippen LogP contribution is -2.00. The van der Waals surface area contributed by atoms with Crippen LogP contribution in [0.25, 0.3) is 0 Å². The highest BCUT2D eigenvalue weighted by Crippen LogP contribution is 2.27. The Bertz CT molecular complexity index is 790. The van der Waals surface area contributed by atoms with Crippen LogP contribution in [0.4, 0.5) is 0 Å². The molecule has 0 heterocycles. The molecule has 0 saturated carbocycles. The SMILES string of the molecule is COc1cccc([C@@H](C)Cc2ccc([C@@H](C)c3ccccc3)cc2)c1. The molecule has 0 spiro atoms. The maximum absolute atomic E-state index is 5.34. The second-order valence-electron chi connectivity index (χ2n) is 6.76. The number of hydrogen-bond acceptors (Lipinski definition) is 1. The second-order valence-corrected chi connectivity index (χ2v) is 6.76. The van der Waals surface area contributed by atoms with E-state index < -0.39 is 0 Å². The summed E-state index contributed by atoms with van der Waals surface area (Å²) in [4.78, 5) is 0. The van der Waals surface area contributed by atoms with Crippen LogP contribution in [0.1, 0.15) is 47.9 Å². The molecule has 0 bridgehead atoms. The van der Waals surface area contributed by atoms with Crippen molar-refractivity contribution >= 4 is 0 Å². The number of hydrogen-bond donors (Lipinski definition) is 0. The van der Waals surface area contributed by atoms with E-state index in [4.69, 9.17) is 4.74 Å². The molecule has 0 aliphatic rings. The molecular weight excluding hydrogens is 304 g/mol. The van der Waals surface area contributed by atoms with E-state index in [0.29, 0.717) is 11.8 Å². The molecule has 3 rings (SSSR count). The molecule has 25 heavy (non-hydrogen) atoms. The predicted octanol–water partition coefficient (Wildman–Crippen LogP) is 6.19. The Hall–Kier alpha value is -2.54. The van der Waals surface area contributed by atoms with Gasteiger partial charge in [-0.15, -0.1) is 0 Å². The fraction of sp³-hybridized carbons (Fsp3) is 0.250. The van der Waals surface area contributed by atoms with Gasteiger partial charge in [-0.05, 0) is 46.7 Å². The third-order valence-corrected chi connectivity index (χ3v) is 4.98. The zero-order valence-electron chi connectivity index (χ0n) is 15.3. The summed E-state index contributed by atoms with van der Waals surface area (Å²) in [6.45, 7) is 4.54. The molecular formula is C24H26O. The van der Waals surface area contributed by atoms with Gasteiger partial charge in [0.15, 0.2) is 0 Å². The first kappa shape index (κ1) is 17.3. The minimum Gasteiger partial charge on any atom is -0.497 e. The van der Waals surface area contributed by atoms with Crippen LogP contribution < -0.4 is 4.74 Å². The molecule has 0 fully saturated rings. The van der Waals surface area contributed by atoms with Crippen LogP contribution in [0.5, 0.6) is 5.75 Å². The molecule has 0 radical (unpaired) electrons. The Balaban J connectivity index is 1.70. The summed E-state index contributed by atoms with van der Waals surface area (Å²) in [6.07, 6.45) is 1.03. The summed E-state index contributed by atoms with van der Waals surface area (Å²) < 4.78 is 5.34. The van der Waals surface area contributed by atoms with Crippen molar-refractivity contribution in [2.24, 2.45) is 0 Å². The first-order valence-electron chi connectivity index (χ1n) is 8.95. The Morgan fingerprint density at radius 1 is 0.720 bits per heavy atom. The van der Waals surface area contributed by atoms with E-state index in [2.05, 4.69) is 86.6 Å². The maximum Gasteiger partial charge on any atom is 0.119 e. The van der Waals surface area contributed by atoms with Gasteiger partial charge in [0.2, 0.25) is 0 Å². The molecule has 1 heteroatoms. The van der Waals surface area contributed by atoms with Gasteiger partial charge in [-0.25, -0.2) is 0 Å². The van der Waals surface area contributed by atoms with Crippen LogP contribution in [0, 0.1) is 0 Å². The molecule has 0 aliphatic heterocycles. The smallest absolute Gasteiger partial charge is 0.119 e. The zero-order valence-corrected chi connectivity index (χ0v) is 15.3. The maximum atomic E-state index is 5.34. The Labute approximate surface area is 151 Å². The van der Waals surface area contributed by atoms with E-state index in [-0.39, 0.29) is 0 Å². The molecule has 2 atom stereocenters. The van der Waals surface area contributed by atoms with Crippen molar-refractivity contribution in [3.63, 3.8) is 0 Å². The van der Waals surface area contributed by atoms with E-state index >= 15 is 0 Å². The number of ether oxygens (including phenoxy) is 1. The summed E-state index contributed by atoms with van der Waals surface area (Å²) in [5.41, 5.74) is 5.42. The van der Waals surface area contributed by atoms with E-state index in [1.54, 1.807) is 7.11 Å². The molecule has 0 unspecified atom stereocenters. The predicted molar refractivity (Wildman–Crippen MR) is 106 cm³/mol. The van der Waals surface area contributed by atoms with Gasteiger partial charge < -0.3 is 4.74 Å². The van der Waals surface area contributed by atoms with Crippen molar-refractivity contribution in [1.82, 2.24) is 0 Å². The van der Waals surface area contributed by atoms with Crippen molar-refractivity contribution in [3.05, 3.63) is 101 Å². The minimum absolute atomic E-state index is 0.422. The lowest BCUT2D eigenvalue weighted by atomic mass is 9.90. The van der Waals surface area contributed by atoms with Crippen LogP contribution in [0.15, 0.2) is 78.9 Å². The van der Waals surface area contributed by atoms with Gasteiger partial charge in [-0.1, -0.05) is 80.6 Å². The quantitative estimate of drug-likeness (QED) is 0.523. The van der Waals surface area contributed by atoms with Crippen LogP contribution in [-0.2, 0) is 6.42 Å². The second kappa shape index (κ2) is 8.02. The number of benzene rings is 3. The fourth-order valence-electron chi connectivity index (χ4n) is 3.30. The van der Waals surface area contributed by atoms with E-state index in [0.717, 1.165) is 12.2 Å². The van der Waals surface area contributed by atoms with Crippen molar-refractivity contribution < 1.29 is 4.74 Å². The molecule has 1 nitrogen and oxygen atoms in total. The molecule has 3 aromatic carbocycles. The lowest BCUT2D eigenvalue weighted by molar-refractivity contribution is 0.414. The Kier molecular flexibility index (Phi) is 5.55. The summed E-state index contributed by atoms with van der Waals surface area (Å²) in [5, 5.41) is 0. The van der Waals surface area contributed by atoms with Gasteiger partial charge in [0.05, 0.1) is 7.11 Å². The highest BCUT2D eigenvalue weighted by Gasteiger charge is 2.10. The van der Waals surface area contributed by atoms with Crippen LogP contribution in [0.3, 0.4) is 0 Å². The van der Waals surface area contributed by atoms with Crippen molar-refractivity contribution in [3.8, 4) is 5.75 Å². The zero-order chi connectivity index (χ0) is 17.6. The normalized spacial score (nSPS) is 13.2. The molecule has 0 amide bonds. The van der Waals surface area contributed by atoms with Crippen LogP contribution >= 0.6 is 0 Å². The Morgan fingerprint density at radius 3 is 2.04 bits per heavy atom. The van der Waals surface area contributed by atoms with E-state index in [1.165, 1.54) is 22.3 Å². The highest BCUT2D eigenvalue weighted by atomic mass is 16.5. The average Bonchev–Trinajstić information content (AvgIpc) is 2.68. The summed E-state index contributed by atoms with van der Waals surface area (Å²) >= 11 is 0. The highest BCUT2D eigenvalue weighted by molar-refractivity contribution is 5.35. The molecule has 0 aliphatic carbocycles. The monoisotopic (exact) mass is 330 g/mol.